The number of ether oxygens (including phenoxy) is 2. The fraction of sp³-hybridized carbons (Fsp3) is 0.462. The van der Waals surface area contributed by atoms with Crippen LogP contribution in [0.1, 0.15) is 25.0 Å². The third-order valence-corrected chi connectivity index (χ3v) is 2.50. The van der Waals surface area contributed by atoms with Gasteiger partial charge in [-0.2, -0.15) is 0 Å². The summed E-state index contributed by atoms with van der Waals surface area (Å²) in [6.45, 7) is 7.09. The fourth-order valence-electron chi connectivity index (χ4n) is 1.34. The van der Waals surface area contributed by atoms with Crippen molar-refractivity contribution in [2.24, 2.45) is 5.73 Å². The number of thiocarbonyl (C=S) groups is 1. The predicted molar refractivity (Wildman–Crippen MR) is 73.6 cm³/mol. The van der Waals surface area contributed by atoms with Crippen molar-refractivity contribution in [3.63, 3.8) is 0 Å². The Labute approximate surface area is 108 Å². The average molecular weight is 253 g/mol. The minimum absolute atomic E-state index is 0.225. The van der Waals surface area contributed by atoms with Gasteiger partial charge < -0.3 is 15.2 Å². The van der Waals surface area contributed by atoms with Crippen LogP contribution in [0.5, 0.6) is 5.75 Å². The monoisotopic (exact) mass is 253 g/mol. The highest BCUT2D eigenvalue weighted by atomic mass is 32.1. The molecule has 0 heterocycles. The number of nitrogens with two attached hydrogens (primary N) is 1. The van der Waals surface area contributed by atoms with Crippen molar-refractivity contribution in [3.05, 3.63) is 29.3 Å². The Morgan fingerprint density at radius 2 is 2.06 bits per heavy atom. The van der Waals surface area contributed by atoms with Crippen LogP contribution in [0.3, 0.4) is 0 Å². The van der Waals surface area contributed by atoms with E-state index in [1.54, 1.807) is 0 Å². The highest BCUT2D eigenvalue weighted by Crippen LogP contribution is 2.19. The third kappa shape index (κ3) is 4.71. The maximum Gasteiger partial charge on any atom is 0.123 e. The van der Waals surface area contributed by atoms with E-state index < -0.39 is 0 Å². The van der Waals surface area contributed by atoms with Crippen molar-refractivity contribution in [1.29, 1.82) is 0 Å². The summed E-state index contributed by atoms with van der Waals surface area (Å²) >= 11 is 4.93. The Bertz CT molecular complexity index is 391. The second-order valence-electron chi connectivity index (χ2n) is 4.11. The van der Waals surface area contributed by atoms with Crippen LogP contribution in [-0.4, -0.2) is 24.3 Å². The predicted octanol–water partition coefficient (Wildman–Crippen LogP) is 2.43. The maximum atomic E-state index is 5.64. The lowest BCUT2D eigenvalue weighted by Gasteiger charge is -2.12. The number of rotatable bonds is 6. The summed E-state index contributed by atoms with van der Waals surface area (Å²) in [6, 6.07) is 5.72. The Morgan fingerprint density at radius 3 is 2.65 bits per heavy atom. The lowest BCUT2D eigenvalue weighted by Crippen LogP contribution is -2.13. The summed E-state index contributed by atoms with van der Waals surface area (Å²) in [5.74, 6) is 0.808. The molecule has 17 heavy (non-hydrogen) atoms. The van der Waals surface area contributed by atoms with Gasteiger partial charge >= 0.3 is 0 Å². The summed E-state index contributed by atoms with van der Waals surface area (Å²) in [5.41, 5.74) is 7.47. The summed E-state index contributed by atoms with van der Waals surface area (Å²) < 4.78 is 11.0. The van der Waals surface area contributed by atoms with Crippen molar-refractivity contribution in [2.45, 2.75) is 26.9 Å². The van der Waals surface area contributed by atoms with Gasteiger partial charge in [-0.3, -0.25) is 0 Å². The molecule has 2 N–H and O–H groups in total. The van der Waals surface area contributed by atoms with E-state index in [4.69, 9.17) is 27.4 Å². The molecule has 0 aliphatic rings. The van der Waals surface area contributed by atoms with Crippen molar-refractivity contribution in [1.82, 2.24) is 0 Å². The van der Waals surface area contributed by atoms with Gasteiger partial charge in [0.05, 0.1) is 12.7 Å². The largest absolute Gasteiger partial charge is 0.491 e. The molecule has 0 unspecified atom stereocenters. The molecule has 0 saturated carbocycles. The first-order chi connectivity index (χ1) is 8.00. The smallest absolute Gasteiger partial charge is 0.123 e. The van der Waals surface area contributed by atoms with Crippen LogP contribution in [0.2, 0.25) is 0 Å². The molecule has 0 saturated heterocycles. The van der Waals surface area contributed by atoms with Crippen LogP contribution in [0.4, 0.5) is 0 Å². The van der Waals surface area contributed by atoms with Gasteiger partial charge in [0.1, 0.15) is 17.3 Å². The van der Waals surface area contributed by atoms with E-state index in [0.717, 1.165) is 16.9 Å². The Morgan fingerprint density at radius 1 is 1.35 bits per heavy atom. The fourth-order valence-corrected chi connectivity index (χ4v) is 1.47. The van der Waals surface area contributed by atoms with Crippen molar-refractivity contribution in [3.8, 4) is 5.75 Å². The van der Waals surface area contributed by atoms with Crippen LogP contribution >= 0.6 is 12.2 Å². The Kier molecular flexibility index (Phi) is 5.38. The first kappa shape index (κ1) is 13.9. The lowest BCUT2D eigenvalue weighted by molar-refractivity contribution is 0.0551. The van der Waals surface area contributed by atoms with Gasteiger partial charge in [-0.05, 0) is 32.4 Å². The van der Waals surface area contributed by atoms with Crippen molar-refractivity contribution >= 4 is 17.2 Å². The van der Waals surface area contributed by atoms with Gasteiger partial charge in [0.15, 0.2) is 0 Å². The molecule has 1 aromatic rings. The quantitative estimate of drug-likeness (QED) is 0.624. The van der Waals surface area contributed by atoms with E-state index >= 15 is 0 Å². The van der Waals surface area contributed by atoms with Gasteiger partial charge in [-0.1, -0.05) is 24.4 Å². The molecule has 0 aromatic heterocycles. The van der Waals surface area contributed by atoms with Gasteiger partial charge in [-0.25, -0.2) is 0 Å². The number of aryl methyl sites for hydroxylation is 1. The van der Waals surface area contributed by atoms with E-state index in [2.05, 4.69) is 0 Å². The molecule has 0 atom stereocenters. The topological polar surface area (TPSA) is 44.5 Å². The minimum Gasteiger partial charge on any atom is -0.491 e. The second kappa shape index (κ2) is 6.57. The number of hydrogen-bond acceptors (Lipinski definition) is 3. The molecule has 3 nitrogen and oxygen atoms in total. The Hall–Kier alpha value is -1.13. The molecule has 1 rings (SSSR count). The van der Waals surface area contributed by atoms with Crippen molar-refractivity contribution < 1.29 is 9.47 Å². The zero-order valence-electron chi connectivity index (χ0n) is 10.5. The standard InChI is InChI=1S/C13H19NO2S/c1-9(2)15-6-7-16-12-8-11(13(14)17)5-4-10(12)3/h4-5,8-9H,6-7H2,1-3H3,(H2,14,17). The van der Waals surface area contributed by atoms with E-state index in [-0.39, 0.29) is 6.10 Å². The average Bonchev–Trinajstić information content (AvgIpc) is 2.25. The summed E-state index contributed by atoms with van der Waals surface area (Å²) in [5, 5.41) is 0. The molecule has 0 aliphatic heterocycles. The summed E-state index contributed by atoms with van der Waals surface area (Å²) in [6.07, 6.45) is 0.225. The number of benzene rings is 1. The molecular formula is C13H19NO2S. The molecule has 0 spiro atoms. The van der Waals surface area contributed by atoms with Gasteiger partial charge in [-0.15, -0.1) is 0 Å². The van der Waals surface area contributed by atoms with Crippen LogP contribution < -0.4 is 10.5 Å². The molecule has 1 aromatic carbocycles. The van der Waals surface area contributed by atoms with Gasteiger partial charge in [0, 0.05) is 5.56 Å². The van der Waals surface area contributed by atoms with E-state index in [1.165, 1.54) is 0 Å². The molecule has 0 amide bonds. The molecule has 0 bridgehead atoms. The molecule has 0 radical (unpaired) electrons. The second-order valence-corrected chi connectivity index (χ2v) is 4.55. The SMILES string of the molecule is Cc1ccc(C(N)=S)cc1OCCOC(C)C. The lowest BCUT2D eigenvalue weighted by atomic mass is 10.1. The van der Waals surface area contributed by atoms with Crippen LogP contribution in [0.25, 0.3) is 0 Å². The van der Waals surface area contributed by atoms with Gasteiger partial charge in [0.25, 0.3) is 0 Å². The minimum atomic E-state index is 0.225. The first-order valence-corrected chi connectivity index (χ1v) is 6.06. The Balaban J connectivity index is 2.57. The zero-order chi connectivity index (χ0) is 12.8. The maximum absolute atomic E-state index is 5.64. The van der Waals surface area contributed by atoms with E-state index in [0.29, 0.717) is 18.2 Å². The molecular weight excluding hydrogens is 234 g/mol. The molecule has 0 fully saturated rings. The molecule has 94 valence electrons. The molecule has 0 aliphatic carbocycles. The van der Waals surface area contributed by atoms with E-state index in [9.17, 15) is 0 Å². The third-order valence-electron chi connectivity index (χ3n) is 2.26. The number of hydrogen-bond donors (Lipinski definition) is 1. The summed E-state index contributed by atoms with van der Waals surface area (Å²) in [4.78, 5) is 0.383. The van der Waals surface area contributed by atoms with Gasteiger partial charge in [0.2, 0.25) is 0 Å². The van der Waals surface area contributed by atoms with E-state index in [1.807, 2.05) is 39.0 Å². The highest BCUT2D eigenvalue weighted by molar-refractivity contribution is 7.80. The summed E-state index contributed by atoms with van der Waals surface area (Å²) in [7, 11) is 0. The van der Waals surface area contributed by atoms with Crippen molar-refractivity contribution in [2.75, 3.05) is 13.2 Å². The van der Waals surface area contributed by atoms with Crippen LogP contribution in [0, 0.1) is 6.92 Å². The highest BCUT2D eigenvalue weighted by Gasteiger charge is 2.03. The zero-order valence-corrected chi connectivity index (χ0v) is 11.3. The van der Waals surface area contributed by atoms with Crippen LogP contribution in [-0.2, 0) is 4.74 Å². The van der Waals surface area contributed by atoms with Crippen LogP contribution in [0.15, 0.2) is 18.2 Å². The molecule has 4 heteroatoms. The first-order valence-electron chi connectivity index (χ1n) is 5.65. The normalized spacial score (nSPS) is 10.6.